The summed E-state index contributed by atoms with van der Waals surface area (Å²) in [6.45, 7) is 0. The molecule has 0 aliphatic carbocycles. The topological polar surface area (TPSA) is 90.3 Å². The van der Waals surface area contributed by atoms with Gasteiger partial charge in [-0.3, -0.25) is 0 Å². The minimum absolute atomic E-state index is 0.180. The summed E-state index contributed by atoms with van der Waals surface area (Å²) in [5.74, 6) is 0.180. The smallest absolute Gasteiger partial charge is 0.216 e. The highest BCUT2D eigenvalue weighted by Crippen LogP contribution is 2.34. The van der Waals surface area contributed by atoms with E-state index in [-0.39, 0.29) is 11.4 Å². The molecule has 2 aromatic rings. The standard InChI is InChI=1S/C10H5BrCl2N6/c11-6-1-7(12)9(8(13)2-6)15-4-5(3-14)10-16-18-19-17-10/h1-2,4,15H,(H,16,17,18,19). The number of hydrogen-bond acceptors (Lipinski definition) is 5. The Morgan fingerprint density at radius 3 is 2.63 bits per heavy atom. The Labute approximate surface area is 126 Å². The number of tetrazole rings is 1. The van der Waals surface area contributed by atoms with Gasteiger partial charge in [-0.2, -0.15) is 10.5 Å². The van der Waals surface area contributed by atoms with E-state index in [2.05, 4.69) is 41.9 Å². The molecule has 0 radical (unpaired) electrons. The molecular formula is C10H5BrCl2N6. The third kappa shape index (κ3) is 3.23. The number of aromatic amines is 1. The third-order valence-electron chi connectivity index (χ3n) is 2.07. The highest BCUT2D eigenvalue weighted by atomic mass is 79.9. The number of nitrogens with one attached hydrogen (secondary N) is 2. The normalized spacial score (nSPS) is 11.2. The summed E-state index contributed by atoms with van der Waals surface area (Å²) in [7, 11) is 0. The first-order valence-corrected chi connectivity index (χ1v) is 6.42. The van der Waals surface area contributed by atoms with Crippen molar-refractivity contribution in [1.82, 2.24) is 20.6 Å². The summed E-state index contributed by atoms with van der Waals surface area (Å²) in [6.07, 6.45) is 1.41. The summed E-state index contributed by atoms with van der Waals surface area (Å²) < 4.78 is 0.760. The van der Waals surface area contributed by atoms with Gasteiger partial charge in [0.25, 0.3) is 0 Å². The van der Waals surface area contributed by atoms with Gasteiger partial charge in [0.15, 0.2) is 0 Å². The zero-order valence-corrected chi connectivity index (χ0v) is 12.3. The molecule has 1 aromatic carbocycles. The van der Waals surface area contributed by atoms with Crippen molar-refractivity contribution in [3.63, 3.8) is 0 Å². The molecule has 0 saturated carbocycles. The lowest BCUT2D eigenvalue weighted by molar-refractivity contribution is 0.881. The fourth-order valence-corrected chi connectivity index (χ4v) is 2.56. The Balaban J connectivity index is 2.30. The molecule has 19 heavy (non-hydrogen) atoms. The van der Waals surface area contributed by atoms with Crippen LogP contribution in [0, 0.1) is 11.3 Å². The Morgan fingerprint density at radius 1 is 1.42 bits per heavy atom. The van der Waals surface area contributed by atoms with Crippen LogP contribution in [0.2, 0.25) is 10.0 Å². The molecule has 1 aromatic heterocycles. The van der Waals surface area contributed by atoms with Gasteiger partial charge >= 0.3 is 0 Å². The van der Waals surface area contributed by atoms with Gasteiger partial charge in [0, 0.05) is 10.7 Å². The van der Waals surface area contributed by atoms with Crippen molar-refractivity contribution in [2.75, 3.05) is 5.32 Å². The van der Waals surface area contributed by atoms with Crippen molar-refractivity contribution >= 4 is 50.4 Å². The largest absolute Gasteiger partial charge is 0.358 e. The molecule has 6 nitrogen and oxygen atoms in total. The Hall–Kier alpha value is -1.62. The molecule has 2 N–H and O–H groups in total. The lowest BCUT2D eigenvalue weighted by Crippen LogP contribution is -1.94. The van der Waals surface area contributed by atoms with Crippen molar-refractivity contribution < 1.29 is 0 Å². The van der Waals surface area contributed by atoms with Crippen molar-refractivity contribution in [3.8, 4) is 6.07 Å². The number of allylic oxidation sites excluding steroid dienone is 1. The second kappa shape index (κ2) is 6.02. The summed E-state index contributed by atoms with van der Waals surface area (Å²) in [5, 5.41) is 25.8. The second-order valence-corrected chi connectivity index (χ2v) is 5.02. The molecule has 0 atom stereocenters. The van der Waals surface area contributed by atoms with Crippen LogP contribution in [0.15, 0.2) is 22.8 Å². The van der Waals surface area contributed by atoms with Gasteiger partial charge < -0.3 is 5.32 Å². The predicted molar refractivity (Wildman–Crippen MR) is 75.6 cm³/mol. The zero-order chi connectivity index (χ0) is 13.8. The van der Waals surface area contributed by atoms with Crippen molar-refractivity contribution in [3.05, 3.63) is 38.7 Å². The summed E-state index contributed by atoms with van der Waals surface area (Å²) in [6, 6.07) is 5.31. The Kier molecular flexibility index (Phi) is 4.37. The molecule has 0 bridgehead atoms. The summed E-state index contributed by atoms with van der Waals surface area (Å²) in [4.78, 5) is 0. The molecule has 2 rings (SSSR count). The molecular weight excluding hydrogens is 355 g/mol. The lowest BCUT2D eigenvalue weighted by Gasteiger charge is -2.07. The minimum Gasteiger partial charge on any atom is -0.358 e. The van der Waals surface area contributed by atoms with Crippen LogP contribution in [0.4, 0.5) is 5.69 Å². The minimum atomic E-state index is 0.180. The third-order valence-corrected chi connectivity index (χ3v) is 3.13. The maximum Gasteiger partial charge on any atom is 0.216 e. The highest BCUT2D eigenvalue weighted by molar-refractivity contribution is 9.10. The maximum absolute atomic E-state index is 9.01. The van der Waals surface area contributed by atoms with E-state index in [0.717, 1.165) is 4.47 Å². The van der Waals surface area contributed by atoms with Gasteiger partial charge in [-0.1, -0.05) is 39.1 Å². The van der Waals surface area contributed by atoms with Crippen molar-refractivity contribution in [2.24, 2.45) is 0 Å². The molecule has 1 heterocycles. The van der Waals surface area contributed by atoms with Crippen LogP contribution < -0.4 is 5.32 Å². The average molecular weight is 360 g/mol. The fraction of sp³-hybridized carbons (Fsp3) is 0. The number of anilines is 1. The Morgan fingerprint density at radius 2 is 2.11 bits per heavy atom. The molecule has 9 heteroatoms. The number of H-pyrrole nitrogens is 1. The van der Waals surface area contributed by atoms with Crippen molar-refractivity contribution in [1.29, 1.82) is 5.26 Å². The molecule has 0 spiro atoms. The average Bonchev–Trinajstić information content (AvgIpc) is 2.86. The SMILES string of the molecule is N#CC(=CNc1c(Cl)cc(Br)cc1Cl)c1nn[nH]n1. The van der Waals surface area contributed by atoms with Crippen LogP contribution in [0.5, 0.6) is 0 Å². The van der Waals surface area contributed by atoms with E-state index in [4.69, 9.17) is 28.5 Å². The first-order valence-electron chi connectivity index (χ1n) is 4.87. The van der Waals surface area contributed by atoms with Gasteiger partial charge in [-0.15, -0.1) is 10.2 Å². The van der Waals surface area contributed by atoms with E-state index in [9.17, 15) is 0 Å². The molecule has 0 unspecified atom stereocenters. The quantitative estimate of drug-likeness (QED) is 0.821. The van der Waals surface area contributed by atoms with Gasteiger partial charge in [-0.05, 0) is 17.3 Å². The maximum atomic E-state index is 9.01. The van der Waals surface area contributed by atoms with E-state index >= 15 is 0 Å². The number of aromatic nitrogens is 4. The molecule has 0 saturated heterocycles. The van der Waals surface area contributed by atoms with Crippen LogP contribution in [-0.4, -0.2) is 20.6 Å². The van der Waals surface area contributed by atoms with E-state index < -0.39 is 0 Å². The molecule has 0 amide bonds. The predicted octanol–water partition coefficient (Wildman–Crippen LogP) is 3.25. The van der Waals surface area contributed by atoms with Gasteiger partial charge in [0.05, 0.1) is 15.7 Å². The number of benzene rings is 1. The number of rotatable bonds is 3. The van der Waals surface area contributed by atoms with E-state index in [1.165, 1.54) is 6.20 Å². The molecule has 96 valence electrons. The van der Waals surface area contributed by atoms with E-state index in [1.54, 1.807) is 12.1 Å². The van der Waals surface area contributed by atoms with E-state index in [1.807, 2.05) is 6.07 Å². The number of nitriles is 1. The second-order valence-electron chi connectivity index (χ2n) is 3.29. The molecule has 0 aliphatic heterocycles. The van der Waals surface area contributed by atoms with Gasteiger partial charge in [-0.25, -0.2) is 0 Å². The monoisotopic (exact) mass is 358 g/mol. The lowest BCUT2D eigenvalue weighted by atomic mass is 10.3. The number of nitrogens with zero attached hydrogens (tertiary/aromatic N) is 4. The van der Waals surface area contributed by atoms with Crippen LogP contribution >= 0.6 is 39.1 Å². The van der Waals surface area contributed by atoms with Crippen LogP contribution in [0.3, 0.4) is 0 Å². The van der Waals surface area contributed by atoms with Gasteiger partial charge in [0.2, 0.25) is 5.82 Å². The Bertz CT molecular complexity index is 638. The first-order chi connectivity index (χ1) is 9.11. The summed E-state index contributed by atoms with van der Waals surface area (Å²) >= 11 is 15.4. The first kappa shape index (κ1) is 13.8. The number of halogens is 3. The van der Waals surface area contributed by atoms with Crippen molar-refractivity contribution in [2.45, 2.75) is 0 Å². The van der Waals surface area contributed by atoms with Gasteiger partial charge in [0.1, 0.15) is 11.6 Å². The number of hydrogen-bond donors (Lipinski definition) is 2. The highest BCUT2D eigenvalue weighted by Gasteiger charge is 2.09. The van der Waals surface area contributed by atoms with E-state index in [0.29, 0.717) is 15.7 Å². The summed E-state index contributed by atoms with van der Waals surface area (Å²) in [5.41, 5.74) is 0.687. The zero-order valence-electron chi connectivity index (χ0n) is 9.15. The van der Waals surface area contributed by atoms with Crippen LogP contribution in [0.25, 0.3) is 5.57 Å². The molecule has 0 fully saturated rings. The van der Waals surface area contributed by atoms with Crippen LogP contribution in [0.1, 0.15) is 5.82 Å². The molecule has 0 aliphatic rings. The van der Waals surface area contributed by atoms with Crippen LogP contribution in [-0.2, 0) is 0 Å². The fourth-order valence-electron chi connectivity index (χ4n) is 1.25.